The first-order valence-electron chi connectivity index (χ1n) is 10.9. The molecule has 0 saturated heterocycles. The van der Waals surface area contributed by atoms with E-state index in [0.29, 0.717) is 30.3 Å². The quantitative estimate of drug-likeness (QED) is 0.557. The largest absolute Gasteiger partial charge is 0.490 e. The van der Waals surface area contributed by atoms with Crippen molar-refractivity contribution >= 4 is 49.0 Å². The Morgan fingerprint density at radius 2 is 1.89 bits per heavy atom. The number of aliphatic imine (C=N–C) groups is 1. The van der Waals surface area contributed by atoms with Crippen molar-refractivity contribution in [3.8, 4) is 11.5 Å². The summed E-state index contributed by atoms with van der Waals surface area (Å²) in [4.78, 5) is 16.6. The number of hydrazone groups is 1. The van der Waals surface area contributed by atoms with Crippen LogP contribution in [-0.4, -0.2) is 47.1 Å². The van der Waals surface area contributed by atoms with Crippen molar-refractivity contribution in [1.29, 1.82) is 5.41 Å². The van der Waals surface area contributed by atoms with Crippen LogP contribution in [0.1, 0.15) is 30.5 Å². The Bertz CT molecular complexity index is 1400. The lowest BCUT2D eigenvalue weighted by atomic mass is 10.1. The highest BCUT2D eigenvalue weighted by molar-refractivity contribution is 8.42. The number of aryl methyl sites for hydroxylation is 1. The summed E-state index contributed by atoms with van der Waals surface area (Å²) in [6.07, 6.45) is 1.51. The molecule has 2 aliphatic rings. The van der Waals surface area contributed by atoms with E-state index in [1.54, 1.807) is 18.2 Å². The Morgan fingerprint density at radius 1 is 1.11 bits per heavy atom. The molecule has 1 amide bonds. The van der Waals surface area contributed by atoms with E-state index in [-0.39, 0.29) is 26.7 Å². The van der Waals surface area contributed by atoms with Crippen molar-refractivity contribution in [1.82, 2.24) is 5.01 Å². The van der Waals surface area contributed by atoms with Gasteiger partial charge in [0.15, 0.2) is 17.3 Å². The van der Waals surface area contributed by atoms with E-state index in [1.807, 2.05) is 38.1 Å². The summed E-state index contributed by atoms with van der Waals surface area (Å²) in [5, 5.41) is 13.6. The second-order valence-corrected chi connectivity index (χ2v) is 11.1. The van der Waals surface area contributed by atoms with Crippen molar-refractivity contribution < 1.29 is 22.7 Å². The lowest BCUT2D eigenvalue weighted by Crippen LogP contribution is -2.35. The first-order chi connectivity index (χ1) is 16.7. The smallest absolute Gasteiger partial charge is 0.283 e. The van der Waals surface area contributed by atoms with Crippen molar-refractivity contribution in [2.24, 2.45) is 10.1 Å². The fraction of sp³-hybridized carbons (Fsp3) is 0.250. The van der Waals surface area contributed by atoms with E-state index >= 15 is 0 Å². The van der Waals surface area contributed by atoms with E-state index in [4.69, 9.17) is 14.9 Å². The number of nitrogens with one attached hydrogen (secondary N) is 1. The predicted molar refractivity (Wildman–Crippen MR) is 138 cm³/mol. The van der Waals surface area contributed by atoms with Gasteiger partial charge >= 0.3 is 0 Å². The molecule has 9 nitrogen and oxygen atoms in total. The van der Waals surface area contributed by atoms with Gasteiger partial charge < -0.3 is 9.47 Å². The molecule has 0 radical (unpaired) electrons. The molecule has 0 bridgehead atoms. The Morgan fingerprint density at radius 3 is 2.60 bits per heavy atom. The maximum atomic E-state index is 12.7. The molecule has 2 aromatic rings. The molecule has 2 heterocycles. The first kappa shape index (κ1) is 24.7. The van der Waals surface area contributed by atoms with Gasteiger partial charge in [-0.3, -0.25) is 10.2 Å². The molecule has 0 unspecified atom stereocenters. The zero-order valence-electron chi connectivity index (χ0n) is 19.4. The molecule has 2 aliphatic heterocycles. The van der Waals surface area contributed by atoms with Gasteiger partial charge in [-0.15, -0.1) is 5.10 Å². The number of carbonyl (C=O) groups is 1. The third-order valence-electron chi connectivity index (χ3n) is 5.31. The van der Waals surface area contributed by atoms with Crippen molar-refractivity contribution in [2.75, 3.05) is 12.4 Å². The van der Waals surface area contributed by atoms with Gasteiger partial charge in [-0.25, -0.2) is 8.42 Å². The minimum Gasteiger partial charge on any atom is -0.490 e. The number of hydrogen-bond donors (Lipinski definition) is 1. The van der Waals surface area contributed by atoms with E-state index in [0.717, 1.165) is 27.9 Å². The molecule has 0 aliphatic carbocycles. The standard InChI is InChI=1S/C24H24N4O5S2/c1-4-32-20-13-16(10-11-19(20)33-14-17-9-7-6-8-15(17)3)12-18-21(25)28-23(26-22(18)29)34-24(27-28)35(30,31)5-2/h6-13,25H,4-5,14H2,1-3H3/b18-12-,25-21?. The number of carbonyl (C=O) groups excluding carboxylic acids is 1. The van der Waals surface area contributed by atoms with Crippen LogP contribution in [0, 0.1) is 12.3 Å². The summed E-state index contributed by atoms with van der Waals surface area (Å²) >= 11 is 0.770. The van der Waals surface area contributed by atoms with Crippen LogP contribution in [0.5, 0.6) is 11.5 Å². The molecule has 182 valence electrons. The van der Waals surface area contributed by atoms with Crippen LogP contribution in [-0.2, 0) is 21.2 Å². The maximum Gasteiger partial charge on any atom is 0.283 e. The second-order valence-electron chi connectivity index (χ2n) is 7.64. The van der Waals surface area contributed by atoms with Crippen LogP contribution in [0.2, 0.25) is 0 Å². The zero-order valence-corrected chi connectivity index (χ0v) is 21.1. The van der Waals surface area contributed by atoms with Gasteiger partial charge in [0.2, 0.25) is 19.4 Å². The lowest BCUT2D eigenvalue weighted by Gasteiger charge is -2.20. The molecule has 35 heavy (non-hydrogen) atoms. The van der Waals surface area contributed by atoms with Crippen LogP contribution in [0.25, 0.3) is 6.08 Å². The number of rotatable bonds is 7. The fourth-order valence-electron chi connectivity index (χ4n) is 3.32. The molecule has 2 aromatic carbocycles. The predicted octanol–water partition coefficient (Wildman–Crippen LogP) is 3.98. The van der Waals surface area contributed by atoms with Gasteiger partial charge in [-0.1, -0.05) is 37.3 Å². The Balaban J connectivity index is 1.60. The minimum absolute atomic E-state index is 0.00993. The molecule has 0 atom stereocenters. The average molecular weight is 513 g/mol. The summed E-state index contributed by atoms with van der Waals surface area (Å²) in [7, 11) is -3.59. The number of amides is 1. The second kappa shape index (κ2) is 10.0. The number of sulfone groups is 1. The fourth-order valence-corrected chi connectivity index (χ4v) is 5.48. The van der Waals surface area contributed by atoms with Gasteiger partial charge in [-0.05, 0) is 60.5 Å². The number of benzene rings is 2. The van der Waals surface area contributed by atoms with Crippen molar-refractivity contribution in [3.05, 3.63) is 64.7 Å². The highest BCUT2D eigenvalue weighted by Gasteiger charge is 2.39. The van der Waals surface area contributed by atoms with E-state index < -0.39 is 15.7 Å². The summed E-state index contributed by atoms with van der Waals surface area (Å²) in [5.41, 5.74) is 2.77. The monoisotopic (exact) mass is 512 g/mol. The molecule has 0 aromatic heterocycles. The lowest BCUT2D eigenvalue weighted by molar-refractivity contribution is -0.114. The normalized spacial score (nSPS) is 16.8. The van der Waals surface area contributed by atoms with Gasteiger partial charge in [0, 0.05) is 0 Å². The molecular formula is C24H24N4O5S2. The number of thioether (sulfide) groups is 1. The number of amidine groups is 2. The van der Waals surface area contributed by atoms with Gasteiger partial charge in [0.25, 0.3) is 5.91 Å². The first-order valence-corrected chi connectivity index (χ1v) is 13.4. The highest BCUT2D eigenvalue weighted by atomic mass is 32.3. The molecule has 0 saturated carbocycles. The van der Waals surface area contributed by atoms with E-state index in [1.165, 1.54) is 13.0 Å². The molecule has 0 spiro atoms. The average Bonchev–Trinajstić information content (AvgIpc) is 3.27. The Hall–Kier alpha value is -3.44. The number of ether oxygens (including phenoxy) is 2. The molecule has 1 N–H and O–H groups in total. The highest BCUT2D eigenvalue weighted by Crippen LogP contribution is 2.33. The number of fused-ring (bicyclic) bond motifs is 1. The SMILES string of the molecule is CCOc1cc(/C=C2/C(=N)N3N=C(S(=O)(=O)CC)SC3=NC2=O)ccc1OCc1ccccc1C. The van der Waals surface area contributed by atoms with Crippen LogP contribution >= 0.6 is 11.8 Å². The number of hydrogen-bond acceptors (Lipinski definition) is 8. The topological polar surface area (TPSA) is 121 Å². The van der Waals surface area contributed by atoms with Crippen molar-refractivity contribution in [3.63, 3.8) is 0 Å². The van der Waals surface area contributed by atoms with Gasteiger partial charge in [0.1, 0.15) is 6.61 Å². The van der Waals surface area contributed by atoms with Crippen LogP contribution in [0.4, 0.5) is 0 Å². The van der Waals surface area contributed by atoms with E-state index in [9.17, 15) is 13.2 Å². The van der Waals surface area contributed by atoms with Gasteiger partial charge in [0.05, 0.1) is 17.9 Å². The van der Waals surface area contributed by atoms with E-state index in [2.05, 4.69) is 10.1 Å². The molecule has 4 rings (SSSR count). The summed E-state index contributed by atoms with van der Waals surface area (Å²) < 4.78 is 35.9. The summed E-state index contributed by atoms with van der Waals surface area (Å²) in [6, 6.07) is 13.2. The maximum absolute atomic E-state index is 12.7. The minimum atomic E-state index is -3.59. The van der Waals surface area contributed by atoms with Crippen LogP contribution in [0.3, 0.4) is 0 Å². The summed E-state index contributed by atoms with van der Waals surface area (Å²) in [6.45, 7) is 6.17. The number of nitrogens with zero attached hydrogens (tertiary/aromatic N) is 3. The molecular weight excluding hydrogens is 488 g/mol. The molecule has 11 heteroatoms. The van der Waals surface area contributed by atoms with Crippen molar-refractivity contribution in [2.45, 2.75) is 27.4 Å². The van der Waals surface area contributed by atoms with Crippen LogP contribution < -0.4 is 9.47 Å². The molecule has 0 fully saturated rings. The summed E-state index contributed by atoms with van der Waals surface area (Å²) in [5.74, 6) is 0.0317. The zero-order chi connectivity index (χ0) is 25.2. The Labute approximate surface area is 208 Å². The van der Waals surface area contributed by atoms with Gasteiger partial charge in [-0.2, -0.15) is 10.0 Å². The third-order valence-corrected chi connectivity index (χ3v) is 8.39. The third kappa shape index (κ3) is 5.15. The Kier molecular flexibility index (Phi) is 7.08. The van der Waals surface area contributed by atoms with Crippen LogP contribution in [0.15, 0.2) is 58.1 Å².